The summed E-state index contributed by atoms with van der Waals surface area (Å²) in [7, 11) is 4.21. The third-order valence-corrected chi connectivity index (χ3v) is 4.99. The second kappa shape index (κ2) is 9.38. The Balaban J connectivity index is 1.89. The highest BCUT2D eigenvalue weighted by atomic mass is 16.5. The summed E-state index contributed by atoms with van der Waals surface area (Å²) in [4.78, 5) is 39.2. The molecule has 0 saturated heterocycles. The number of rotatable bonds is 6. The summed E-state index contributed by atoms with van der Waals surface area (Å²) in [5.41, 5.74) is 1.76. The number of nitrogens with one attached hydrogen (secondary N) is 2. The zero-order valence-corrected chi connectivity index (χ0v) is 17.9. The van der Waals surface area contributed by atoms with Gasteiger partial charge in [0.1, 0.15) is 0 Å². The molecule has 1 aliphatic rings. The van der Waals surface area contributed by atoms with Gasteiger partial charge in [-0.05, 0) is 19.1 Å². The summed E-state index contributed by atoms with van der Waals surface area (Å²) in [6.07, 6.45) is 0.171. The molecule has 2 aromatic carbocycles. The number of anilines is 3. The lowest BCUT2D eigenvalue weighted by molar-refractivity contribution is -0.118. The molecule has 3 rings (SSSR count). The first-order valence-electron chi connectivity index (χ1n) is 9.68. The average Bonchev–Trinajstić information content (AvgIpc) is 2.90. The number of carbonyl (C=O) groups is 3. The standard InChI is InChI=1S/C22H25N3O6/c1-13-9-20(26)24-15-7-5-6-8-17(15)25(13)21(27)12-23-16-11-19(30-3)18(29-2)10-14(16)22(28)31-4/h5-8,10-11,13,23H,9,12H2,1-4H3,(H,24,26)/t13-/m0/s1. The van der Waals surface area contributed by atoms with Crippen molar-refractivity contribution in [2.24, 2.45) is 0 Å². The Kier molecular flexibility index (Phi) is 6.64. The van der Waals surface area contributed by atoms with Crippen molar-refractivity contribution in [3.63, 3.8) is 0 Å². The van der Waals surface area contributed by atoms with Gasteiger partial charge in [0.25, 0.3) is 0 Å². The van der Waals surface area contributed by atoms with E-state index in [1.807, 2.05) is 6.92 Å². The van der Waals surface area contributed by atoms with E-state index in [4.69, 9.17) is 14.2 Å². The number of fused-ring (bicyclic) bond motifs is 1. The number of para-hydroxylation sites is 2. The van der Waals surface area contributed by atoms with E-state index in [1.165, 1.54) is 27.4 Å². The number of ether oxygens (including phenoxy) is 3. The van der Waals surface area contributed by atoms with Crippen LogP contribution >= 0.6 is 0 Å². The van der Waals surface area contributed by atoms with Gasteiger partial charge in [0, 0.05) is 24.6 Å². The van der Waals surface area contributed by atoms with E-state index < -0.39 is 5.97 Å². The minimum Gasteiger partial charge on any atom is -0.493 e. The summed E-state index contributed by atoms with van der Waals surface area (Å²) in [5, 5.41) is 5.83. The Bertz CT molecular complexity index is 1010. The lowest BCUT2D eigenvalue weighted by Crippen LogP contribution is -2.42. The Morgan fingerprint density at radius 2 is 1.81 bits per heavy atom. The third-order valence-electron chi connectivity index (χ3n) is 4.99. The second-order valence-electron chi connectivity index (χ2n) is 6.98. The van der Waals surface area contributed by atoms with Crippen LogP contribution in [0.1, 0.15) is 23.7 Å². The molecule has 0 aromatic heterocycles. The van der Waals surface area contributed by atoms with Gasteiger partial charge in [-0.25, -0.2) is 4.79 Å². The molecule has 164 valence electrons. The molecule has 2 N–H and O–H groups in total. The molecule has 1 atom stereocenters. The first-order chi connectivity index (χ1) is 14.9. The van der Waals surface area contributed by atoms with Crippen LogP contribution in [0, 0.1) is 0 Å². The topological polar surface area (TPSA) is 106 Å². The van der Waals surface area contributed by atoms with Crippen LogP contribution < -0.4 is 25.0 Å². The Morgan fingerprint density at radius 3 is 2.48 bits per heavy atom. The Morgan fingerprint density at radius 1 is 1.13 bits per heavy atom. The molecule has 0 unspecified atom stereocenters. The van der Waals surface area contributed by atoms with Gasteiger partial charge in [-0.15, -0.1) is 0 Å². The van der Waals surface area contributed by atoms with Gasteiger partial charge in [0.2, 0.25) is 11.8 Å². The quantitative estimate of drug-likeness (QED) is 0.683. The molecule has 0 bridgehead atoms. The summed E-state index contributed by atoms with van der Waals surface area (Å²) < 4.78 is 15.4. The molecule has 9 heteroatoms. The van der Waals surface area contributed by atoms with Crippen LogP contribution in [0.2, 0.25) is 0 Å². The molecule has 2 amide bonds. The van der Waals surface area contributed by atoms with Gasteiger partial charge in [0.05, 0.1) is 50.5 Å². The maximum atomic E-state index is 13.2. The van der Waals surface area contributed by atoms with E-state index in [9.17, 15) is 14.4 Å². The molecule has 0 saturated carbocycles. The monoisotopic (exact) mass is 427 g/mol. The van der Waals surface area contributed by atoms with Gasteiger partial charge < -0.3 is 29.7 Å². The van der Waals surface area contributed by atoms with Crippen LogP contribution in [-0.4, -0.2) is 51.7 Å². The molecule has 0 spiro atoms. The highest BCUT2D eigenvalue weighted by molar-refractivity contribution is 6.06. The van der Waals surface area contributed by atoms with Crippen molar-refractivity contribution in [2.75, 3.05) is 43.4 Å². The van der Waals surface area contributed by atoms with Gasteiger partial charge in [-0.3, -0.25) is 9.59 Å². The Hall–Kier alpha value is -3.75. The van der Waals surface area contributed by atoms with Crippen molar-refractivity contribution in [1.82, 2.24) is 0 Å². The average molecular weight is 427 g/mol. The maximum Gasteiger partial charge on any atom is 0.340 e. The summed E-state index contributed by atoms with van der Waals surface area (Å²) >= 11 is 0. The van der Waals surface area contributed by atoms with Crippen LogP contribution in [0.25, 0.3) is 0 Å². The van der Waals surface area contributed by atoms with Gasteiger partial charge >= 0.3 is 5.97 Å². The smallest absolute Gasteiger partial charge is 0.340 e. The van der Waals surface area contributed by atoms with Crippen molar-refractivity contribution >= 4 is 34.8 Å². The predicted molar refractivity (Wildman–Crippen MR) is 116 cm³/mol. The SMILES string of the molecule is COC(=O)c1cc(OC)c(OC)cc1NCC(=O)N1c2ccccc2NC(=O)C[C@@H]1C. The minimum absolute atomic E-state index is 0.119. The molecular weight excluding hydrogens is 402 g/mol. The molecule has 9 nitrogen and oxygen atoms in total. The number of hydrogen-bond acceptors (Lipinski definition) is 7. The fraction of sp³-hybridized carbons (Fsp3) is 0.318. The molecule has 1 aliphatic heterocycles. The number of methoxy groups -OCH3 is 3. The fourth-order valence-electron chi connectivity index (χ4n) is 3.53. The number of amides is 2. The van der Waals surface area contributed by atoms with E-state index in [2.05, 4.69) is 10.6 Å². The van der Waals surface area contributed by atoms with Crippen molar-refractivity contribution in [3.05, 3.63) is 42.0 Å². The lowest BCUT2D eigenvalue weighted by Gasteiger charge is -2.28. The summed E-state index contributed by atoms with van der Waals surface area (Å²) in [6.45, 7) is 1.70. The van der Waals surface area contributed by atoms with Crippen LogP contribution in [-0.2, 0) is 14.3 Å². The summed E-state index contributed by atoms with van der Waals surface area (Å²) in [6, 6.07) is 9.85. The van der Waals surface area contributed by atoms with E-state index in [-0.39, 0.29) is 36.4 Å². The zero-order chi connectivity index (χ0) is 22.5. The van der Waals surface area contributed by atoms with E-state index in [1.54, 1.807) is 35.2 Å². The van der Waals surface area contributed by atoms with Crippen molar-refractivity contribution < 1.29 is 28.6 Å². The van der Waals surface area contributed by atoms with Crippen LogP contribution in [0.5, 0.6) is 11.5 Å². The molecule has 0 aliphatic carbocycles. The van der Waals surface area contributed by atoms with Crippen molar-refractivity contribution in [1.29, 1.82) is 0 Å². The number of hydrogen-bond donors (Lipinski definition) is 2. The Labute approximate surface area is 180 Å². The predicted octanol–water partition coefficient (Wildman–Crippen LogP) is 2.67. The van der Waals surface area contributed by atoms with Crippen LogP contribution in [0.15, 0.2) is 36.4 Å². The van der Waals surface area contributed by atoms with E-state index in [0.29, 0.717) is 28.6 Å². The zero-order valence-electron chi connectivity index (χ0n) is 17.9. The molecule has 0 radical (unpaired) electrons. The van der Waals surface area contributed by atoms with Crippen molar-refractivity contribution in [3.8, 4) is 11.5 Å². The summed E-state index contributed by atoms with van der Waals surface area (Å²) in [5.74, 6) is -0.245. The van der Waals surface area contributed by atoms with Crippen molar-refractivity contribution in [2.45, 2.75) is 19.4 Å². The number of carbonyl (C=O) groups excluding carboxylic acids is 3. The second-order valence-corrected chi connectivity index (χ2v) is 6.98. The first-order valence-corrected chi connectivity index (χ1v) is 9.68. The van der Waals surface area contributed by atoms with Gasteiger partial charge in [0.15, 0.2) is 11.5 Å². The normalized spacial score (nSPS) is 15.3. The van der Waals surface area contributed by atoms with Crippen LogP contribution in [0.3, 0.4) is 0 Å². The lowest BCUT2D eigenvalue weighted by atomic mass is 10.1. The van der Waals surface area contributed by atoms with E-state index >= 15 is 0 Å². The molecular formula is C22H25N3O6. The number of nitrogens with zero attached hydrogens (tertiary/aromatic N) is 1. The van der Waals surface area contributed by atoms with E-state index in [0.717, 1.165) is 0 Å². The maximum absolute atomic E-state index is 13.2. The molecule has 0 fully saturated rings. The van der Waals surface area contributed by atoms with Crippen LogP contribution in [0.4, 0.5) is 17.1 Å². The largest absolute Gasteiger partial charge is 0.493 e. The third kappa shape index (κ3) is 4.55. The molecule has 2 aromatic rings. The fourth-order valence-corrected chi connectivity index (χ4v) is 3.53. The highest BCUT2D eigenvalue weighted by Gasteiger charge is 2.29. The minimum atomic E-state index is -0.584. The first kappa shape index (κ1) is 21.9. The number of esters is 1. The highest BCUT2D eigenvalue weighted by Crippen LogP contribution is 2.34. The van der Waals surface area contributed by atoms with Gasteiger partial charge in [-0.2, -0.15) is 0 Å². The number of benzene rings is 2. The molecule has 1 heterocycles. The van der Waals surface area contributed by atoms with Gasteiger partial charge in [-0.1, -0.05) is 12.1 Å². The molecule has 31 heavy (non-hydrogen) atoms.